The summed E-state index contributed by atoms with van der Waals surface area (Å²) in [6.07, 6.45) is 2.58. The maximum atomic E-state index is 4.38. The minimum absolute atomic E-state index is 0.242. The number of hydrogen-bond donors (Lipinski definition) is 1. The summed E-state index contributed by atoms with van der Waals surface area (Å²) in [6, 6.07) is 13.2. The van der Waals surface area contributed by atoms with Gasteiger partial charge in [-0.25, -0.2) is 4.68 Å². The number of anilines is 1. The van der Waals surface area contributed by atoms with Crippen LogP contribution in [0.3, 0.4) is 0 Å². The molecule has 0 aliphatic carbocycles. The molecule has 106 valence electrons. The fraction of sp³-hybridized carbons (Fsp3) is 0.200. The number of halogens is 1. The molecule has 1 aliphatic heterocycles. The third-order valence-corrected chi connectivity index (χ3v) is 5.22. The second-order valence-electron chi connectivity index (χ2n) is 5.05. The quantitative estimate of drug-likeness (QED) is 0.742. The predicted molar refractivity (Wildman–Crippen MR) is 87.6 cm³/mol. The molecule has 0 fully saturated rings. The summed E-state index contributed by atoms with van der Waals surface area (Å²) in [6.45, 7) is 0. The molecule has 4 nitrogen and oxygen atoms in total. The summed E-state index contributed by atoms with van der Waals surface area (Å²) < 4.78 is 3.09. The van der Waals surface area contributed by atoms with Crippen LogP contribution >= 0.6 is 27.3 Å². The molecule has 1 aromatic carbocycles. The highest BCUT2D eigenvalue weighted by Crippen LogP contribution is 2.39. The summed E-state index contributed by atoms with van der Waals surface area (Å²) in [5.74, 6) is 0.838. The zero-order valence-electron chi connectivity index (χ0n) is 11.1. The topological polar surface area (TPSA) is 42.7 Å². The van der Waals surface area contributed by atoms with Gasteiger partial charge in [-0.05, 0) is 35.6 Å². The Labute approximate surface area is 135 Å². The number of nitrogens with one attached hydrogen (secondary N) is 1. The molecule has 0 radical (unpaired) electrons. The van der Waals surface area contributed by atoms with E-state index in [1.54, 1.807) is 17.7 Å². The first-order valence-electron chi connectivity index (χ1n) is 6.76. The normalized spacial score (nSPS) is 20.8. The van der Waals surface area contributed by atoms with Gasteiger partial charge in [0.15, 0.2) is 0 Å². The number of fused-ring (bicyclic) bond motifs is 1. The van der Waals surface area contributed by atoms with Crippen molar-refractivity contribution in [2.24, 2.45) is 0 Å². The van der Waals surface area contributed by atoms with Crippen molar-refractivity contribution in [3.63, 3.8) is 0 Å². The Balaban J connectivity index is 1.74. The van der Waals surface area contributed by atoms with Gasteiger partial charge in [-0.2, -0.15) is 10.1 Å². The van der Waals surface area contributed by atoms with E-state index in [2.05, 4.69) is 67.0 Å². The highest BCUT2D eigenvalue weighted by atomic mass is 79.9. The third kappa shape index (κ3) is 2.38. The Morgan fingerprint density at radius 3 is 3.05 bits per heavy atom. The van der Waals surface area contributed by atoms with Crippen molar-refractivity contribution in [3.05, 3.63) is 63.0 Å². The Kier molecular flexibility index (Phi) is 3.27. The van der Waals surface area contributed by atoms with Crippen LogP contribution in [0.4, 0.5) is 5.95 Å². The maximum absolute atomic E-state index is 4.38. The molecule has 0 spiro atoms. The van der Waals surface area contributed by atoms with Gasteiger partial charge in [0.05, 0.1) is 12.1 Å². The molecular formula is C15H13BrN4S. The van der Waals surface area contributed by atoms with E-state index >= 15 is 0 Å². The lowest BCUT2D eigenvalue weighted by atomic mass is 9.97. The van der Waals surface area contributed by atoms with Crippen molar-refractivity contribution < 1.29 is 0 Å². The lowest BCUT2D eigenvalue weighted by Gasteiger charge is -2.31. The first-order chi connectivity index (χ1) is 10.3. The number of nitrogens with zero attached hydrogens (tertiary/aromatic N) is 3. The van der Waals surface area contributed by atoms with E-state index in [9.17, 15) is 0 Å². The van der Waals surface area contributed by atoms with Crippen LogP contribution in [-0.2, 0) is 0 Å². The summed E-state index contributed by atoms with van der Waals surface area (Å²) >= 11 is 5.32. The highest BCUT2D eigenvalue weighted by molar-refractivity contribution is 9.10. The van der Waals surface area contributed by atoms with Crippen molar-refractivity contribution >= 4 is 33.2 Å². The van der Waals surface area contributed by atoms with E-state index in [0.717, 1.165) is 16.8 Å². The van der Waals surface area contributed by atoms with Gasteiger partial charge in [-0.15, -0.1) is 11.3 Å². The first kappa shape index (κ1) is 13.0. The fourth-order valence-corrected chi connectivity index (χ4v) is 4.02. The molecule has 0 saturated heterocycles. The molecule has 21 heavy (non-hydrogen) atoms. The van der Waals surface area contributed by atoms with E-state index in [1.165, 1.54) is 10.4 Å². The van der Waals surface area contributed by atoms with Crippen molar-refractivity contribution in [1.29, 1.82) is 0 Å². The maximum Gasteiger partial charge on any atom is 0.222 e. The molecule has 2 atom stereocenters. The molecule has 1 N–H and O–H groups in total. The van der Waals surface area contributed by atoms with Crippen molar-refractivity contribution in [2.75, 3.05) is 5.32 Å². The van der Waals surface area contributed by atoms with Gasteiger partial charge in [-0.3, -0.25) is 0 Å². The van der Waals surface area contributed by atoms with Gasteiger partial charge in [0.1, 0.15) is 6.33 Å². The number of rotatable bonds is 2. The lowest BCUT2D eigenvalue weighted by Crippen LogP contribution is -2.27. The number of hydrogen-bond acceptors (Lipinski definition) is 4. The predicted octanol–water partition coefficient (Wildman–Crippen LogP) is 4.25. The second kappa shape index (κ2) is 5.27. The lowest BCUT2D eigenvalue weighted by molar-refractivity contribution is 0.436. The second-order valence-corrected chi connectivity index (χ2v) is 6.94. The molecule has 4 rings (SSSR count). The Hall–Kier alpha value is -1.66. The molecule has 0 bridgehead atoms. The summed E-state index contributed by atoms with van der Waals surface area (Å²) in [5.41, 5.74) is 1.26. The van der Waals surface area contributed by atoms with Gasteiger partial charge in [-0.1, -0.05) is 34.1 Å². The van der Waals surface area contributed by atoms with Crippen LogP contribution in [0.2, 0.25) is 0 Å². The van der Waals surface area contributed by atoms with Crippen LogP contribution in [0.15, 0.2) is 52.6 Å². The first-order valence-corrected chi connectivity index (χ1v) is 8.43. The standard InChI is InChI=1S/C15H13BrN4S/c16-11-4-1-3-10(7-11)12-8-13(14-5-2-6-21-14)20-15(19-12)17-9-18-20/h1-7,9,12-13H,8H2,(H,17,18,19). The molecule has 0 saturated carbocycles. The van der Waals surface area contributed by atoms with Crippen molar-refractivity contribution in [2.45, 2.75) is 18.5 Å². The van der Waals surface area contributed by atoms with Crippen LogP contribution in [0.1, 0.15) is 28.9 Å². The third-order valence-electron chi connectivity index (χ3n) is 3.75. The molecule has 1 aliphatic rings. The molecule has 2 aromatic heterocycles. The molecule has 2 unspecified atom stereocenters. The summed E-state index contributed by atoms with van der Waals surface area (Å²) in [7, 11) is 0. The van der Waals surface area contributed by atoms with Crippen LogP contribution in [0.25, 0.3) is 0 Å². The van der Waals surface area contributed by atoms with Gasteiger partial charge >= 0.3 is 0 Å². The van der Waals surface area contributed by atoms with Gasteiger partial charge < -0.3 is 5.32 Å². The van der Waals surface area contributed by atoms with Crippen LogP contribution < -0.4 is 5.32 Å². The largest absolute Gasteiger partial charge is 0.348 e. The Morgan fingerprint density at radius 2 is 2.24 bits per heavy atom. The average molecular weight is 361 g/mol. The van der Waals surface area contributed by atoms with E-state index in [1.807, 2.05) is 10.7 Å². The zero-order chi connectivity index (χ0) is 14.2. The highest BCUT2D eigenvalue weighted by Gasteiger charge is 2.30. The minimum atomic E-state index is 0.242. The molecular weight excluding hydrogens is 348 g/mol. The van der Waals surface area contributed by atoms with Crippen molar-refractivity contribution in [1.82, 2.24) is 14.8 Å². The average Bonchev–Trinajstić information content (AvgIpc) is 3.17. The Morgan fingerprint density at radius 1 is 1.29 bits per heavy atom. The molecule has 3 aromatic rings. The zero-order valence-corrected chi connectivity index (χ0v) is 13.5. The smallest absolute Gasteiger partial charge is 0.222 e. The van der Waals surface area contributed by atoms with E-state index < -0.39 is 0 Å². The SMILES string of the molecule is Brc1cccc(C2CC(c3cccs3)n3ncnc3N2)c1. The molecule has 3 heterocycles. The molecule has 6 heteroatoms. The van der Waals surface area contributed by atoms with Crippen LogP contribution in [-0.4, -0.2) is 14.8 Å². The Bertz CT molecular complexity index is 753. The van der Waals surface area contributed by atoms with E-state index in [0.29, 0.717) is 0 Å². The van der Waals surface area contributed by atoms with Gasteiger partial charge in [0.2, 0.25) is 5.95 Å². The monoisotopic (exact) mass is 360 g/mol. The van der Waals surface area contributed by atoms with E-state index in [4.69, 9.17) is 0 Å². The minimum Gasteiger partial charge on any atom is -0.348 e. The number of thiophene rings is 1. The summed E-state index contributed by atoms with van der Waals surface area (Å²) in [5, 5.41) is 9.98. The van der Waals surface area contributed by atoms with E-state index in [-0.39, 0.29) is 12.1 Å². The fourth-order valence-electron chi connectivity index (χ4n) is 2.78. The van der Waals surface area contributed by atoms with Gasteiger partial charge in [0, 0.05) is 9.35 Å². The van der Waals surface area contributed by atoms with Crippen LogP contribution in [0, 0.1) is 0 Å². The van der Waals surface area contributed by atoms with Crippen LogP contribution in [0.5, 0.6) is 0 Å². The van der Waals surface area contributed by atoms with Gasteiger partial charge in [0.25, 0.3) is 0 Å². The summed E-state index contributed by atoms with van der Waals surface area (Å²) in [4.78, 5) is 5.67. The number of aromatic nitrogens is 3. The number of benzene rings is 1. The molecule has 0 amide bonds. The van der Waals surface area contributed by atoms with Crippen molar-refractivity contribution in [3.8, 4) is 0 Å².